The third-order valence-corrected chi connectivity index (χ3v) is 7.56. The topological polar surface area (TPSA) is 107 Å². The SMILES string of the molecule is CCCCCCCCCCCCOC(=O)CC(C(=O)OCCCCCCCCCCCC)S(=O)(=O)O.[K]. The molecule has 0 bridgehead atoms. The van der Waals surface area contributed by atoms with Gasteiger partial charge in [-0.15, -0.1) is 0 Å². The summed E-state index contributed by atoms with van der Waals surface area (Å²) in [7, 11) is -4.75. The summed E-state index contributed by atoms with van der Waals surface area (Å²) in [6.07, 6.45) is 22.1. The Kier molecular flexibility index (Phi) is 30.0. The van der Waals surface area contributed by atoms with E-state index in [4.69, 9.17) is 9.47 Å². The van der Waals surface area contributed by atoms with E-state index in [0.29, 0.717) is 12.8 Å². The molecule has 0 saturated heterocycles. The first-order chi connectivity index (χ1) is 17.3. The van der Waals surface area contributed by atoms with Gasteiger partial charge in [-0.1, -0.05) is 129 Å². The first-order valence-corrected chi connectivity index (χ1v) is 16.1. The van der Waals surface area contributed by atoms with Crippen LogP contribution in [0.25, 0.3) is 0 Å². The monoisotopic (exact) mass is 573 g/mol. The summed E-state index contributed by atoms with van der Waals surface area (Å²) < 4.78 is 42.7. The van der Waals surface area contributed by atoms with E-state index in [9.17, 15) is 22.6 Å². The van der Waals surface area contributed by atoms with Gasteiger partial charge in [0, 0.05) is 51.4 Å². The van der Waals surface area contributed by atoms with Crippen molar-refractivity contribution in [2.24, 2.45) is 0 Å². The number of ether oxygens (including phenoxy) is 2. The van der Waals surface area contributed by atoms with Crippen LogP contribution in [-0.2, 0) is 29.2 Å². The van der Waals surface area contributed by atoms with Crippen LogP contribution in [-0.4, -0.2) is 94.8 Å². The molecule has 0 aromatic rings. The Morgan fingerprint density at radius 1 is 0.595 bits per heavy atom. The average molecular weight is 574 g/mol. The van der Waals surface area contributed by atoms with Gasteiger partial charge >= 0.3 is 11.9 Å². The Bertz CT molecular complexity index is 640. The minimum atomic E-state index is -4.75. The van der Waals surface area contributed by atoms with Crippen LogP contribution in [0.5, 0.6) is 0 Å². The molecular formula is C28H54KO7S. The molecule has 0 aliphatic heterocycles. The van der Waals surface area contributed by atoms with Gasteiger partial charge < -0.3 is 9.47 Å². The van der Waals surface area contributed by atoms with Gasteiger partial charge in [0.2, 0.25) is 0 Å². The average Bonchev–Trinajstić information content (AvgIpc) is 2.83. The summed E-state index contributed by atoms with van der Waals surface area (Å²) in [5.41, 5.74) is 0. The van der Waals surface area contributed by atoms with Crippen molar-refractivity contribution in [3.8, 4) is 0 Å². The van der Waals surface area contributed by atoms with E-state index >= 15 is 0 Å². The fraction of sp³-hybridized carbons (Fsp3) is 0.929. The maximum Gasteiger partial charge on any atom is 0.327 e. The van der Waals surface area contributed by atoms with E-state index in [-0.39, 0.29) is 64.6 Å². The number of hydrogen-bond acceptors (Lipinski definition) is 6. The van der Waals surface area contributed by atoms with Crippen LogP contribution < -0.4 is 0 Å². The van der Waals surface area contributed by atoms with Crippen LogP contribution >= 0.6 is 0 Å². The fourth-order valence-electron chi connectivity index (χ4n) is 4.15. The van der Waals surface area contributed by atoms with Crippen molar-refractivity contribution in [1.82, 2.24) is 0 Å². The molecule has 1 radical (unpaired) electrons. The zero-order valence-electron chi connectivity index (χ0n) is 24.1. The van der Waals surface area contributed by atoms with Gasteiger partial charge in [-0.05, 0) is 12.8 Å². The van der Waals surface area contributed by atoms with Crippen molar-refractivity contribution in [3.05, 3.63) is 0 Å². The Balaban J connectivity index is 0. The summed E-state index contributed by atoms with van der Waals surface area (Å²) in [6.45, 7) is 4.67. The molecule has 0 fully saturated rings. The molecule has 0 rings (SSSR count). The van der Waals surface area contributed by atoms with Crippen molar-refractivity contribution in [1.29, 1.82) is 0 Å². The van der Waals surface area contributed by atoms with Gasteiger partial charge in [-0.25, -0.2) is 0 Å². The predicted molar refractivity (Wildman–Crippen MR) is 151 cm³/mol. The molecule has 7 nitrogen and oxygen atoms in total. The molecule has 1 atom stereocenters. The quantitative estimate of drug-likeness (QED) is 0.0505. The van der Waals surface area contributed by atoms with E-state index in [0.717, 1.165) is 38.5 Å². The Morgan fingerprint density at radius 2 is 0.919 bits per heavy atom. The van der Waals surface area contributed by atoms with Crippen molar-refractivity contribution in [2.45, 2.75) is 154 Å². The molecule has 215 valence electrons. The first-order valence-electron chi connectivity index (χ1n) is 14.6. The molecule has 37 heavy (non-hydrogen) atoms. The minimum absolute atomic E-state index is 0. The van der Waals surface area contributed by atoms with E-state index < -0.39 is 33.7 Å². The van der Waals surface area contributed by atoms with Crippen molar-refractivity contribution in [2.75, 3.05) is 13.2 Å². The van der Waals surface area contributed by atoms with Crippen molar-refractivity contribution < 1.29 is 32.0 Å². The molecule has 0 spiro atoms. The second-order valence-electron chi connectivity index (χ2n) is 9.96. The second-order valence-corrected chi connectivity index (χ2v) is 11.6. The molecule has 9 heteroatoms. The maximum absolute atomic E-state index is 12.2. The van der Waals surface area contributed by atoms with E-state index in [1.54, 1.807) is 0 Å². The molecule has 0 aliphatic carbocycles. The van der Waals surface area contributed by atoms with Gasteiger partial charge in [-0.2, -0.15) is 8.42 Å². The maximum atomic E-state index is 12.2. The van der Waals surface area contributed by atoms with Gasteiger partial charge in [0.05, 0.1) is 19.6 Å². The summed E-state index contributed by atoms with van der Waals surface area (Å²) in [4.78, 5) is 24.2. The minimum Gasteiger partial charge on any atom is -0.466 e. The van der Waals surface area contributed by atoms with Crippen LogP contribution in [0.15, 0.2) is 0 Å². The number of carbonyl (C=O) groups excluding carboxylic acids is 2. The largest absolute Gasteiger partial charge is 0.466 e. The van der Waals surface area contributed by atoms with Crippen LogP contribution in [0.3, 0.4) is 0 Å². The van der Waals surface area contributed by atoms with Crippen molar-refractivity contribution in [3.63, 3.8) is 0 Å². The third-order valence-electron chi connectivity index (χ3n) is 6.48. The number of hydrogen-bond donors (Lipinski definition) is 1. The molecule has 0 heterocycles. The second kappa shape index (κ2) is 28.0. The standard InChI is InChI=1S/C28H54O7S.K/c1-3-5-7-9-11-13-15-17-19-21-23-34-27(29)25-26(36(31,32)33)28(30)35-24-22-20-18-16-14-12-10-8-6-4-2;/h26H,3-25H2,1-2H3,(H,31,32,33);. The number of carbonyl (C=O) groups is 2. The predicted octanol–water partition coefficient (Wildman–Crippen LogP) is 7.18. The first kappa shape index (κ1) is 39.6. The van der Waals surface area contributed by atoms with Crippen molar-refractivity contribution >= 4 is 73.4 Å². The zero-order chi connectivity index (χ0) is 26.9. The third kappa shape index (κ3) is 26.5. The molecule has 1 N–H and O–H groups in total. The number of rotatable bonds is 26. The van der Waals surface area contributed by atoms with Gasteiger partial charge in [0.25, 0.3) is 10.1 Å². The van der Waals surface area contributed by atoms with Crippen LogP contribution in [0, 0.1) is 0 Å². The van der Waals surface area contributed by atoms with E-state index in [1.165, 1.54) is 77.0 Å². The van der Waals surface area contributed by atoms with E-state index in [2.05, 4.69) is 13.8 Å². The van der Waals surface area contributed by atoms with Crippen LogP contribution in [0.4, 0.5) is 0 Å². The number of unbranched alkanes of at least 4 members (excludes halogenated alkanes) is 18. The van der Waals surface area contributed by atoms with Crippen LogP contribution in [0.2, 0.25) is 0 Å². The smallest absolute Gasteiger partial charge is 0.327 e. The summed E-state index contributed by atoms with van der Waals surface area (Å²) in [6, 6.07) is 0. The Labute approximate surface area is 270 Å². The molecule has 1 unspecified atom stereocenters. The van der Waals surface area contributed by atoms with Gasteiger partial charge in [0.1, 0.15) is 0 Å². The summed E-state index contributed by atoms with van der Waals surface area (Å²) in [5, 5.41) is -1.93. The Hall–Kier alpha value is 0.486. The molecule has 0 aromatic heterocycles. The number of esters is 2. The zero-order valence-corrected chi connectivity index (χ0v) is 28.1. The summed E-state index contributed by atoms with van der Waals surface area (Å²) in [5.74, 6) is -1.91. The molecular weight excluding hydrogens is 519 g/mol. The Morgan fingerprint density at radius 3 is 1.27 bits per heavy atom. The van der Waals surface area contributed by atoms with Gasteiger partial charge in [0.15, 0.2) is 5.25 Å². The van der Waals surface area contributed by atoms with Gasteiger partial charge in [-0.3, -0.25) is 14.1 Å². The molecule has 0 amide bonds. The normalized spacial score (nSPS) is 12.1. The van der Waals surface area contributed by atoms with Crippen LogP contribution in [0.1, 0.15) is 149 Å². The van der Waals surface area contributed by atoms with E-state index in [1.807, 2.05) is 0 Å². The molecule has 0 aliphatic rings. The summed E-state index contributed by atoms with van der Waals surface area (Å²) >= 11 is 0. The molecule has 0 aromatic carbocycles. The molecule has 0 saturated carbocycles. The fourth-order valence-corrected chi connectivity index (χ4v) is 4.81.